The number of nitrogens with zero attached hydrogens (tertiary/aromatic N) is 5. The summed E-state index contributed by atoms with van der Waals surface area (Å²) in [6.45, 7) is 5.76. The molecule has 1 fully saturated rings. The van der Waals surface area contributed by atoms with Crippen molar-refractivity contribution >= 4 is 11.3 Å². The lowest BCUT2D eigenvalue weighted by Crippen LogP contribution is -2.45. The van der Waals surface area contributed by atoms with Gasteiger partial charge in [0.15, 0.2) is 0 Å². The third-order valence-electron chi connectivity index (χ3n) is 4.21. The van der Waals surface area contributed by atoms with Gasteiger partial charge >= 0.3 is 0 Å². The average molecular weight is 341 g/mol. The first-order chi connectivity index (χ1) is 11.9. The minimum absolute atomic E-state index is 0.763. The van der Waals surface area contributed by atoms with E-state index in [1.165, 1.54) is 0 Å². The largest absolute Gasteiger partial charge is 0.447 e. The predicted molar refractivity (Wildman–Crippen MR) is 92.4 cm³/mol. The van der Waals surface area contributed by atoms with Crippen LogP contribution in [0.4, 0.5) is 0 Å². The number of rotatable bonds is 5. The summed E-state index contributed by atoms with van der Waals surface area (Å²) < 4.78 is 5.65. The summed E-state index contributed by atoms with van der Waals surface area (Å²) >= 11 is 1.62. The van der Waals surface area contributed by atoms with Crippen molar-refractivity contribution in [1.82, 2.24) is 25.0 Å². The summed E-state index contributed by atoms with van der Waals surface area (Å²) in [5.41, 5.74) is 3.79. The fourth-order valence-electron chi connectivity index (χ4n) is 2.88. The maximum Gasteiger partial charge on any atom is 0.208 e. The van der Waals surface area contributed by atoms with Gasteiger partial charge in [-0.3, -0.25) is 9.80 Å². The second kappa shape index (κ2) is 7.21. The summed E-state index contributed by atoms with van der Waals surface area (Å²) in [6, 6.07) is 10.1. The molecule has 0 saturated carbocycles. The predicted octanol–water partition coefficient (Wildman–Crippen LogP) is 2.51. The van der Waals surface area contributed by atoms with Crippen LogP contribution in [-0.2, 0) is 13.1 Å². The van der Waals surface area contributed by atoms with Crippen LogP contribution >= 0.6 is 11.3 Å². The molecule has 7 heteroatoms. The van der Waals surface area contributed by atoms with Crippen LogP contribution < -0.4 is 0 Å². The van der Waals surface area contributed by atoms with Gasteiger partial charge < -0.3 is 4.42 Å². The third-order valence-corrected chi connectivity index (χ3v) is 4.89. The van der Waals surface area contributed by atoms with E-state index in [0.717, 1.165) is 61.4 Å². The Morgan fingerprint density at radius 1 is 1.00 bits per heavy atom. The van der Waals surface area contributed by atoms with Gasteiger partial charge in [0, 0.05) is 31.7 Å². The van der Waals surface area contributed by atoms with Crippen LogP contribution in [0.15, 0.2) is 46.5 Å². The minimum Gasteiger partial charge on any atom is -0.447 e. The molecular formula is C17H19N5OS. The van der Waals surface area contributed by atoms with Gasteiger partial charge in [-0.25, -0.2) is 4.98 Å². The summed E-state index contributed by atoms with van der Waals surface area (Å²) in [5, 5.41) is 9.10. The molecule has 0 spiro atoms. The summed E-state index contributed by atoms with van der Waals surface area (Å²) in [7, 11) is 0. The molecule has 1 aliphatic rings. The van der Waals surface area contributed by atoms with Crippen molar-refractivity contribution in [3.05, 3.63) is 53.0 Å². The third kappa shape index (κ3) is 3.69. The van der Waals surface area contributed by atoms with E-state index in [4.69, 9.17) is 4.42 Å². The molecule has 3 heterocycles. The van der Waals surface area contributed by atoms with Crippen molar-refractivity contribution in [2.45, 2.75) is 13.1 Å². The first kappa shape index (κ1) is 15.4. The highest BCUT2D eigenvalue weighted by atomic mass is 32.1. The van der Waals surface area contributed by atoms with Crippen molar-refractivity contribution in [3.8, 4) is 11.3 Å². The Hall–Kier alpha value is -2.09. The van der Waals surface area contributed by atoms with E-state index in [-0.39, 0.29) is 0 Å². The van der Waals surface area contributed by atoms with E-state index < -0.39 is 0 Å². The smallest absolute Gasteiger partial charge is 0.208 e. The fraction of sp³-hybridized carbons (Fsp3) is 0.353. The molecule has 0 unspecified atom stereocenters. The molecule has 2 aromatic heterocycles. The van der Waals surface area contributed by atoms with Gasteiger partial charge in [0.25, 0.3) is 0 Å². The summed E-state index contributed by atoms with van der Waals surface area (Å²) in [6.07, 6.45) is 1.75. The molecule has 0 bridgehead atoms. The molecule has 1 saturated heterocycles. The molecule has 4 rings (SSSR count). The van der Waals surface area contributed by atoms with Gasteiger partial charge in [0.2, 0.25) is 5.89 Å². The molecule has 24 heavy (non-hydrogen) atoms. The number of piperazine rings is 1. The highest BCUT2D eigenvalue weighted by Crippen LogP contribution is 2.19. The number of hydrogen-bond acceptors (Lipinski definition) is 7. The highest BCUT2D eigenvalue weighted by molar-refractivity contribution is 7.09. The number of aromatic nitrogens is 3. The Kier molecular flexibility index (Phi) is 4.64. The first-order valence-electron chi connectivity index (χ1n) is 8.06. The van der Waals surface area contributed by atoms with E-state index in [2.05, 4.69) is 25.0 Å². The molecule has 0 atom stereocenters. The van der Waals surface area contributed by atoms with E-state index >= 15 is 0 Å². The molecule has 6 nitrogen and oxygen atoms in total. The van der Waals surface area contributed by atoms with Crippen LogP contribution in [0.5, 0.6) is 0 Å². The zero-order chi connectivity index (χ0) is 16.2. The Bertz CT molecular complexity index is 750. The summed E-state index contributed by atoms with van der Waals surface area (Å²) in [4.78, 5) is 9.42. The lowest BCUT2D eigenvalue weighted by molar-refractivity contribution is 0.114. The highest BCUT2D eigenvalue weighted by Gasteiger charge is 2.19. The van der Waals surface area contributed by atoms with Crippen LogP contribution in [-0.4, -0.2) is 51.2 Å². The van der Waals surface area contributed by atoms with E-state index in [0.29, 0.717) is 0 Å². The lowest BCUT2D eigenvalue weighted by atomic mass is 10.2. The molecule has 0 N–H and O–H groups in total. The molecular weight excluding hydrogens is 322 g/mol. The Morgan fingerprint density at radius 2 is 1.75 bits per heavy atom. The van der Waals surface area contributed by atoms with Crippen molar-refractivity contribution in [3.63, 3.8) is 0 Å². The molecule has 124 valence electrons. The topological polar surface area (TPSA) is 58.3 Å². The van der Waals surface area contributed by atoms with Gasteiger partial charge in [-0.05, 0) is 0 Å². The van der Waals surface area contributed by atoms with Crippen LogP contribution in [0.2, 0.25) is 0 Å². The van der Waals surface area contributed by atoms with Crippen molar-refractivity contribution in [2.75, 3.05) is 26.2 Å². The zero-order valence-corrected chi connectivity index (χ0v) is 14.2. The number of oxazole rings is 1. The molecule has 3 aromatic rings. The van der Waals surface area contributed by atoms with Gasteiger partial charge in [0.05, 0.1) is 13.1 Å². The first-order valence-corrected chi connectivity index (χ1v) is 8.94. The Morgan fingerprint density at radius 3 is 2.46 bits per heavy atom. The van der Waals surface area contributed by atoms with E-state index in [1.54, 1.807) is 23.1 Å². The average Bonchev–Trinajstić information content (AvgIpc) is 3.29. The Balaban J connectivity index is 1.30. The van der Waals surface area contributed by atoms with E-state index in [9.17, 15) is 0 Å². The van der Waals surface area contributed by atoms with Gasteiger partial charge in [-0.2, -0.15) is 0 Å². The second-order valence-corrected chi connectivity index (χ2v) is 6.80. The quantitative estimate of drug-likeness (QED) is 0.711. The summed E-state index contributed by atoms with van der Waals surface area (Å²) in [5.74, 6) is 0.784. The van der Waals surface area contributed by atoms with Crippen LogP contribution in [0.1, 0.15) is 10.9 Å². The van der Waals surface area contributed by atoms with Crippen LogP contribution in [0, 0.1) is 0 Å². The van der Waals surface area contributed by atoms with Gasteiger partial charge in [0.1, 0.15) is 22.5 Å². The molecule has 0 aliphatic carbocycles. The van der Waals surface area contributed by atoms with Gasteiger partial charge in [-0.1, -0.05) is 30.3 Å². The molecule has 1 aliphatic heterocycles. The van der Waals surface area contributed by atoms with E-state index in [1.807, 2.05) is 30.3 Å². The zero-order valence-electron chi connectivity index (χ0n) is 13.3. The Labute approximate surface area is 144 Å². The fourth-order valence-corrected chi connectivity index (χ4v) is 3.45. The normalized spacial score (nSPS) is 16.5. The molecule has 0 radical (unpaired) electrons. The van der Waals surface area contributed by atoms with Crippen molar-refractivity contribution < 1.29 is 4.42 Å². The lowest BCUT2D eigenvalue weighted by Gasteiger charge is -2.33. The standard InChI is InChI=1S/C17H19N5OS/c1-2-4-14(5-3-1)15-12-23-16(19-15)10-21-6-8-22(9-7-21)11-17-20-18-13-24-17/h1-5,12-13H,6-11H2. The van der Waals surface area contributed by atoms with Crippen molar-refractivity contribution in [1.29, 1.82) is 0 Å². The second-order valence-electron chi connectivity index (χ2n) is 5.88. The maximum absolute atomic E-state index is 5.65. The molecule has 0 amide bonds. The van der Waals surface area contributed by atoms with Gasteiger partial charge in [-0.15, -0.1) is 21.5 Å². The SMILES string of the molecule is c1ccc(-c2coc(CN3CCN(Cc4nncs4)CC3)n2)cc1. The monoisotopic (exact) mass is 341 g/mol. The minimum atomic E-state index is 0.763. The molecule has 1 aromatic carbocycles. The van der Waals surface area contributed by atoms with Crippen LogP contribution in [0.25, 0.3) is 11.3 Å². The number of hydrogen-bond donors (Lipinski definition) is 0. The number of benzene rings is 1. The maximum atomic E-state index is 5.65. The van der Waals surface area contributed by atoms with Crippen LogP contribution in [0.3, 0.4) is 0 Å². The van der Waals surface area contributed by atoms with Crippen molar-refractivity contribution in [2.24, 2.45) is 0 Å².